The van der Waals surface area contributed by atoms with Gasteiger partial charge >= 0.3 is 17.9 Å². The van der Waals surface area contributed by atoms with Gasteiger partial charge in [0.15, 0.2) is 17.9 Å². The number of esters is 3. The molecule has 2 amide bonds. The van der Waals surface area contributed by atoms with Gasteiger partial charge in [0.25, 0.3) is 12.2 Å². The second-order valence-electron chi connectivity index (χ2n) is 10.2. The molecule has 4 rings (SSSR count). The molecule has 2 aromatic rings. The van der Waals surface area contributed by atoms with E-state index in [0.717, 1.165) is 25.0 Å². The molecule has 2 heterocycles. The van der Waals surface area contributed by atoms with Gasteiger partial charge in [0.05, 0.1) is 12.2 Å². The largest absolute Gasteiger partial charge is 0.463 e. The first kappa shape index (κ1) is 31.2. The average Bonchev–Trinajstić information content (AvgIpc) is 3.18. The molecule has 13 nitrogen and oxygen atoms in total. The zero-order chi connectivity index (χ0) is 31.3. The summed E-state index contributed by atoms with van der Waals surface area (Å²) in [6.45, 7) is 6.44. The molecule has 1 fully saturated rings. The summed E-state index contributed by atoms with van der Waals surface area (Å²) < 4.78 is 22.0. The molecule has 0 spiro atoms. The first-order chi connectivity index (χ1) is 20.4. The lowest BCUT2D eigenvalue weighted by Gasteiger charge is -2.43. The van der Waals surface area contributed by atoms with E-state index in [9.17, 15) is 24.0 Å². The second-order valence-corrected chi connectivity index (χ2v) is 10.2. The highest BCUT2D eigenvalue weighted by Crippen LogP contribution is 2.33. The van der Waals surface area contributed by atoms with Gasteiger partial charge in [-0.25, -0.2) is 0 Å². The zero-order valence-corrected chi connectivity index (χ0v) is 24.4. The standard InChI is InChI=1S/C30H33N3O10/c1-16-11-12-23-22(13-16)25(29(38)33(23)14-21-9-7-6-8-10-21)32-43-30-26(31-17(2)34)28(41-20(5)37)27(40-19(4)36)24(42-30)15-39-18(3)35/h6-13,24,26-28,30H,14-15H2,1-5H3,(H,31,34)/b32-25-/t24-,26+,27+,28-,30+/m0/s1. The number of nitrogens with one attached hydrogen (secondary N) is 1. The highest BCUT2D eigenvalue weighted by atomic mass is 16.8. The molecule has 0 aromatic heterocycles. The van der Waals surface area contributed by atoms with Crippen LogP contribution < -0.4 is 10.2 Å². The molecule has 0 saturated carbocycles. The zero-order valence-electron chi connectivity index (χ0n) is 24.4. The molecule has 0 bridgehead atoms. The number of nitrogens with zero attached hydrogens (tertiary/aromatic N) is 2. The number of hydrogen-bond acceptors (Lipinski definition) is 11. The van der Waals surface area contributed by atoms with Crippen molar-refractivity contribution in [3.8, 4) is 0 Å². The third-order valence-electron chi connectivity index (χ3n) is 6.65. The summed E-state index contributed by atoms with van der Waals surface area (Å²) in [6, 6.07) is 13.7. The molecule has 0 radical (unpaired) electrons. The van der Waals surface area contributed by atoms with Crippen molar-refractivity contribution in [2.45, 2.75) is 71.8 Å². The molecular formula is C30H33N3O10. The average molecular weight is 596 g/mol. The molecule has 228 valence electrons. The summed E-state index contributed by atoms with van der Waals surface area (Å²) >= 11 is 0. The summed E-state index contributed by atoms with van der Waals surface area (Å²) in [5.74, 6) is -3.09. The number of fused-ring (bicyclic) bond motifs is 1. The Morgan fingerprint density at radius 1 is 0.930 bits per heavy atom. The fourth-order valence-corrected chi connectivity index (χ4v) is 4.92. The third kappa shape index (κ3) is 7.55. The SMILES string of the molecule is CC(=O)N[C@H]1[C@@H](O/N=C2\C(=O)N(Cc3ccccc3)c3ccc(C)cc32)O[C@@H](COC(C)=O)[C@@H](OC(C)=O)[C@H]1OC(C)=O. The minimum atomic E-state index is -1.46. The number of carbonyl (C=O) groups is 5. The quantitative estimate of drug-likeness (QED) is 0.258. The van der Waals surface area contributed by atoms with Crippen molar-refractivity contribution in [1.29, 1.82) is 0 Å². The molecule has 2 aliphatic rings. The van der Waals surface area contributed by atoms with Crippen molar-refractivity contribution in [2.24, 2.45) is 5.16 Å². The number of anilines is 1. The van der Waals surface area contributed by atoms with E-state index in [-0.39, 0.29) is 12.3 Å². The van der Waals surface area contributed by atoms with Crippen LogP contribution in [0.25, 0.3) is 0 Å². The van der Waals surface area contributed by atoms with Gasteiger partial charge < -0.3 is 34.0 Å². The Balaban J connectivity index is 1.71. The summed E-state index contributed by atoms with van der Waals surface area (Å²) in [5.41, 5.74) is 2.93. The van der Waals surface area contributed by atoms with Crippen LogP contribution >= 0.6 is 0 Å². The van der Waals surface area contributed by atoms with Crippen molar-refractivity contribution in [1.82, 2.24) is 5.32 Å². The Bertz CT molecular complexity index is 1430. The van der Waals surface area contributed by atoms with Crippen molar-refractivity contribution in [3.63, 3.8) is 0 Å². The van der Waals surface area contributed by atoms with Gasteiger partial charge in [0.2, 0.25) is 5.91 Å². The Hall–Kier alpha value is -4.78. The number of amides is 2. The van der Waals surface area contributed by atoms with Crippen LogP contribution in [0.1, 0.15) is 44.4 Å². The van der Waals surface area contributed by atoms with Crippen LogP contribution in [-0.2, 0) is 54.3 Å². The van der Waals surface area contributed by atoms with Crippen LogP contribution in [0.4, 0.5) is 5.69 Å². The number of aryl methyl sites for hydroxylation is 1. The van der Waals surface area contributed by atoms with Gasteiger partial charge in [-0.1, -0.05) is 47.1 Å². The van der Waals surface area contributed by atoms with Gasteiger partial charge in [-0.15, -0.1) is 0 Å². The van der Waals surface area contributed by atoms with Crippen LogP contribution in [-0.4, -0.2) is 72.7 Å². The third-order valence-corrected chi connectivity index (χ3v) is 6.65. The number of ether oxygens (including phenoxy) is 4. The summed E-state index contributed by atoms with van der Waals surface area (Å²) in [5, 5.41) is 6.78. The van der Waals surface area contributed by atoms with E-state index in [1.165, 1.54) is 13.8 Å². The number of rotatable bonds is 9. The highest BCUT2D eigenvalue weighted by Gasteiger charge is 2.52. The van der Waals surface area contributed by atoms with E-state index in [1.54, 1.807) is 11.0 Å². The number of hydrogen-bond donors (Lipinski definition) is 1. The molecular weight excluding hydrogens is 562 g/mol. The normalized spacial score (nSPS) is 23.7. The van der Waals surface area contributed by atoms with Crippen LogP contribution in [0.15, 0.2) is 53.7 Å². The van der Waals surface area contributed by atoms with E-state index in [0.29, 0.717) is 11.3 Å². The Kier molecular flexibility index (Phi) is 9.76. The molecule has 1 saturated heterocycles. The van der Waals surface area contributed by atoms with Crippen LogP contribution in [0.3, 0.4) is 0 Å². The van der Waals surface area contributed by atoms with E-state index in [4.69, 9.17) is 23.8 Å². The first-order valence-corrected chi connectivity index (χ1v) is 13.6. The monoisotopic (exact) mass is 595 g/mol. The lowest BCUT2D eigenvalue weighted by Crippen LogP contribution is -2.66. The minimum Gasteiger partial charge on any atom is -0.463 e. The first-order valence-electron chi connectivity index (χ1n) is 13.6. The van der Waals surface area contributed by atoms with Crippen molar-refractivity contribution in [2.75, 3.05) is 11.5 Å². The van der Waals surface area contributed by atoms with Crippen molar-refractivity contribution >= 4 is 41.1 Å². The van der Waals surface area contributed by atoms with Crippen molar-refractivity contribution < 1.29 is 47.8 Å². The van der Waals surface area contributed by atoms with Crippen LogP contribution in [0.5, 0.6) is 0 Å². The number of benzene rings is 2. The lowest BCUT2D eigenvalue weighted by atomic mass is 9.96. The predicted molar refractivity (Wildman–Crippen MR) is 150 cm³/mol. The smallest absolute Gasteiger partial charge is 0.303 e. The van der Waals surface area contributed by atoms with Gasteiger partial charge in [0.1, 0.15) is 18.8 Å². The molecule has 2 aliphatic heterocycles. The topological polar surface area (TPSA) is 159 Å². The molecule has 2 aromatic carbocycles. The predicted octanol–water partition coefficient (Wildman–Crippen LogP) is 1.92. The highest BCUT2D eigenvalue weighted by molar-refractivity contribution is 6.54. The maximum atomic E-state index is 13.7. The molecule has 13 heteroatoms. The Labute approximate surface area is 248 Å². The minimum absolute atomic E-state index is 0.0116. The van der Waals surface area contributed by atoms with Crippen molar-refractivity contribution in [3.05, 3.63) is 65.2 Å². The van der Waals surface area contributed by atoms with Gasteiger partial charge in [0, 0.05) is 33.3 Å². The molecule has 43 heavy (non-hydrogen) atoms. The van der Waals surface area contributed by atoms with E-state index in [1.807, 2.05) is 49.4 Å². The van der Waals surface area contributed by atoms with Gasteiger partial charge in [-0.3, -0.25) is 24.0 Å². The molecule has 5 atom stereocenters. The van der Waals surface area contributed by atoms with Gasteiger partial charge in [-0.2, -0.15) is 0 Å². The lowest BCUT2D eigenvalue weighted by molar-refractivity contribution is -0.278. The van der Waals surface area contributed by atoms with E-state index >= 15 is 0 Å². The summed E-state index contributed by atoms with van der Waals surface area (Å²) in [7, 11) is 0. The van der Waals surface area contributed by atoms with Crippen LogP contribution in [0.2, 0.25) is 0 Å². The maximum Gasteiger partial charge on any atom is 0.303 e. The van der Waals surface area contributed by atoms with E-state index < -0.39 is 67.0 Å². The maximum absolute atomic E-state index is 13.7. The summed E-state index contributed by atoms with van der Waals surface area (Å²) in [6.07, 6.45) is -5.26. The fourth-order valence-electron chi connectivity index (χ4n) is 4.92. The Morgan fingerprint density at radius 3 is 2.23 bits per heavy atom. The molecule has 0 unspecified atom stereocenters. The second kappa shape index (κ2) is 13.5. The Morgan fingerprint density at radius 2 is 1.60 bits per heavy atom. The number of oxime groups is 1. The van der Waals surface area contributed by atoms with Crippen LogP contribution in [0, 0.1) is 6.92 Å². The van der Waals surface area contributed by atoms with E-state index in [2.05, 4.69) is 10.5 Å². The molecule has 0 aliphatic carbocycles. The fraction of sp³-hybridized carbons (Fsp3) is 0.400. The number of carbonyl (C=O) groups excluding carboxylic acids is 5. The molecule has 1 N–H and O–H groups in total. The summed E-state index contributed by atoms with van der Waals surface area (Å²) in [4.78, 5) is 68.9. The van der Waals surface area contributed by atoms with Gasteiger partial charge in [-0.05, 0) is 24.6 Å².